The summed E-state index contributed by atoms with van der Waals surface area (Å²) in [6, 6.07) is 5.53. The van der Waals surface area contributed by atoms with Gasteiger partial charge in [0.15, 0.2) is 5.94 Å². The molecule has 0 spiro atoms. The Labute approximate surface area is 75.1 Å². The highest BCUT2D eigenvalue weighted by Crippen LogP contribution is 2.30. The SMILES string of the molecule is O=S1COc2ccc(Br)cc21. The van der Waals surface area contributed by atoms with Gasteiger partial charge in [0, 0.05) is 4.47 Å². The van der Waals surface area contributed by atoms with Gasteiger partial charge in [0.25, 0.3) is 0 Å². The number of rotatable bonds is 0. The third-order valence-corrected chi connectivity index (χ3v) is 3.11. The van der Waals surface area contributed by atoms with Crippen LogP contribution in [-0.4, -0.2) is 10.1 Å². The molecular formula is C7H5BrO2S. The normalized spacial score (nSPS) is 21.0. The van der Waals surface area contributed by atoms with E-state index in [-0.39, 0.29) is 0 Å². The number of halogens is 1. The van der Waals surface area contributed by atoms with Crippen LogP contribution in [0.1, 0.15) is 0 Å². The first-order valence-corrected chi connectivity index (χ1v) is 5.19. The third-order valence-electron chi connectivity index (χ3n) is 1.47. The largest absolute Gasteiger partial charge is 0.479 e. The molecule has 0 radical (unpaired) electrons. The van der Waals surface area contributed by atoms with E-state index in [4.69, 9.17) is 4.74 Å². The fraction of sp³-hybridized carbons (Fsp3) is 0.143. The van der Waals surface area contributed by atoms with Crippen LogP contribution in [0.25, 0.3) is 0 Å². The molecule has 58 valence electrons. The molecule has 0 bridgehead atoms. The van der Waals surface area contributed by atoms with Crippen LogP contribution in [0.5, 0.6) is 5.75 Å². The van der Waals surface area contributed by atoms with Gasteiger partial charge in [-0.3, -0.25) is 4.21 Å². The van der Waals surface area contributed by atoms with Gasteiger partial charge < -0.3 is 4.74 Å². The fourth-order valence-electron chi connectivity index (χ4n) is 0.960. The van der Waals surface area contributed by atoms with E-state index >= 15 is 0 Å². The van der Waals surface area contributed by atoms with Crippen molar-refractivity contribution >= 4 is 26.7 Å². The maximum absolute atomic E-state index is 11.2. The Morgan fingerprint density at radius 3 is 3.18 bits per heavy atom. The van der Waals surface area contributed by atoms with Gasteiger partial charge >= 0.3 is 0 Å². The summed E-state index contributed by atoms with van der Waals surface area (Å²) in [5.74, 6) is 1.04. The predicted octanol–water partition coefficient (Wildman–Crippen LogP) is 1.91. The van der Waals surface area contributed by atoms with E-state index in [9.17, 15) is 4.21 Å². The minimum Gasteiger partial charge on any atom is -0.479 e. The smallest absolute Gasteiger partial charge is 0.167 e. The van der Waals surface area contributed by atoms with Crippen molar-refractivity contribution in [2.75, 3.05) is 5.94 Å². The Morgan fingerprint density at radius 1 is 1.55 bits per heavy atom. The quantitative estimate of drug-likeness (QED) is 0.684. The molecule has 0 aliphatic carbocycles. The van der Waals surface area contributed by atoms with Gasteiger partial charge in [0.05, 0.1) is 15.7 Å². The van der Waals surface area contributed by atoms with E-state index < -0.39 is 10.8 Å². The van der Waals surface area contributed by atoms with Crippen molar-refractivity contribution < 1.29 is 8.95 Å². The van der Waals surface area contributed by atoms with E-state index in [0.29, 0.717) is 5.94 Å². The van der Waals surface area contributed by atoms with Gasteiger partial charge in [-0.2, -0.15) is 0 Å². The average Bonchev–Trinajstić information content (AvgIpc) is 2.33. The molecular weight excluding hydrogens is 228 g/mol. The Morgan fingerprint density at radius 2 is 2.36 bits per heavy atom. The minimum atomic E-state index is -0.960. The molecule has 1 aliphatic heterocycles. The van der Waals surface area contributed by atoms with Crippen LogP contribution >= 0.6 is 15.9 Å². The van der Waals surface area contributed by atoms with Crippen LogP contribution in [0, 0.1) is 0 Å². The van der Waals surface area contributed by atoms with Crippen LogP contribution < -0.4 is 4.74 Å². The summed E-state index contributed by atoms with van der Waals surface area (Å²) >= 11 is 3.30. The molecule has 0 saturated heterocycles. The molecule has 1 atom stereocenters. The molecule has 0 amide bonds. The zero-order chi connectivity index (χ0) is 7.84. The Bertz CT molecular complexity index is 324. The zero-order valence-electron chi connectivity index (χ0n) is 5.54. The highest BCUT2D eigenvalue weighted by atomic mass is 79.9. The summed E-state index contributed by atoms with van der Waals surface area (Å²) in [5.41, 5.74) is 0. The molecule has 0 saturated carbocycles. The van der Waals surface area contributed by atoms with Gasteiger partial charge in [-0.15, -0.1) is 0 Å². The molecule has 0 N–H and O–H groups in total. The van der Waals surface area contributed by atoms with Crippen molar-refractivity contribution in [1.29, 1.82) is 0 Å². The van der Waals surface area contributed by atoms with Gasteiger partial charge in [0.1, 0.15) is 5.75 Å². The van der Waals surface area contributed by atoms with E-state index in [2.05, 4.69) is 15.9 Å². The topological polar surface area (TPSA) is 26.3 Å². The highest BCUT2D eigenvalue weighted by Gasteiger charge is 2.18. The first kappa shape index (κ1) is 7.31. The number of hydrogen-bond donors (Lipinski definition) is 0. The lowest BCUT2D eigenvalue weighted by atomic mass is 10.3. The second-order valence-electron chi connectivity index (χ2n) is 2.20. The molecule has 0 fully saturated rings. The Kier molecular flexibility index (Phi) is 1.73. The summed E-state index contributed by atoms with van der Waals surface area (Å²) in [6.07, 6.45) is 0. The molecule has 0 aromatic heterocycles. The summed E-state index contributed by atoms with van der Waals surface area (Å²) in [4.78, 5) is 0.791. The molecule has 1 unspecified atom stereocenters. The number of benzene rings is 1. The van der Waals surface area contributed by atoms with Crippen LogP contribution in [-0.2, 0) is 10.8 Å². The first-order valence-electron chi connectivity index (χ1n) is 3.08. The van der Waals surface area contributed by atoms with Crippen molar-refractivity contribution in [3.8, 4) is 5.75 Å². The van der Waals surface area contributed by atoms with E-state index in [1.165, 1.54) is 0 Å². The zero-order valence-corrected chi connectivity index (χ0v) is 7.94. The van der Waals surface area contributed by atoms with Crippen LogP contribution in [0.15, 0.2) is 27.6 Å². The number of ether oxygens (including phenoxy) is 1. The molecule has 1 aromatic carbocycles. The molecule has 2 rings (SSSR count). The monoisotopic (exact) mass is 232 g/mol. The Hall–Kier alpha value is -0.350. The maximum atomic E-state index is 11.2. The summed E-state index contributed by atoms with van der Waals surface area (Å²) < 4.78 is 17.3. The summed E-state index contributed by atoms with van der Waals surface area (Å²) in [6.45, 7) is 0. The number of hydrogen-bond acceptors (Lipinski definition) is 2. The van der Waals surface area contributed by atoms with Crippen LogP contribution in [0.2, 0.25) is 0 Å². The maximum Gasteiger partial charge on any atom is 0.167 e. The average molecular weight is 233 g/mol. The van der Waals surface area contributed by atoms with Crippen LogP contribution in [0.4, 0.5) is 0 Å². The van der Waals surface area contributed by atoms with Crippen molar-refractivity contribution in [3.63, 3.8) is 0 Å². The van der Waals surface area contributed by atoms with Crippen LogP contribution in [0.3, 0.4) is 0 Å². The second kappa shape index (κ2) is 2.60. The van der Waals surface area contributed by atoms with E-state index in [1.54, 1.807) is 0 Å². The van der Waals surface area contributed by atoms with Crippen molar-refractivity contribution in [2.45, 2.75) is 4.90 Å². The summed E-state index contributed by atoms with van der Waals surface area (Å²) in [7, 11) is -0.960. The third kappa shape index (κ3) is 1.20. The lowest BCUT2D eigenvalue weighted by Gasteiger charge is -1.94. The van der Waals surface area contributed by atoms with E-state index in [1.807, 2.05) is 18.2 Å². The van der Waals surface area contributed by atoms with Crippen molar-refractivity contribution in [2.24, 2.45) is 0 Å². The predicted molar refractivity (Wildman–Crippen MR) is 46.0 cm³/mol. The molecule has 1 aromatic rings. The molecule has 4 heteroatoms. The van der Waals surface area contributed by atoms with Gasteiger partial charge in [-0.05, 0) is 18.2 Å². The second-order valence-corrected chi connectivity index (χ2v) is 4.48. The van der Waals surface area contributed by atoms with Gasteiger partial charge in [-0.1, -0.05) is 15.9 Å². The lowest BCUT2D eigenvalue weighted by Crippen LogP contribution is -1.91. The Balaban J connectivity index is 2.60. The van der Waals surface area contributed by atoms with E-state index in [0.717, 1.165) is 15.1 Å². The summed E-state index contributed by atoms with van der Waals surface area (Å²) in [5, 5.41) is 0. The molecule has 2 nitrogen and oxygen atoms in total. The van der Waals surface area contributed by atoms with Gasteiger partial charge in [0.2, 0.25) is 0 Å². The van der Waals surface area contributed by atoms with Crippen molar-refractivity contribution in [1.82, 2.24) is 0 Å². The molecule has 1 aliphatic rings. The minimum absolute atomic E-state index is 0.297. The molecule has 11 heavy (non-hydrogen) atoms. The first-order chi connectivity index (χ1) is 5.27. The highest BCUT2D eigenvalue weighted by molar-refractivity contribution is 9.10. The standard InChI is InChI=1S/C7H5BrO2S/c8-5-1-2-6-7(3-5)11(9)4-10-6/h1-3H,4H2. The lowest BCUT2D eigenvalue weighted by molar-refractivity contribution is 0.394. The van der Waals surface area contributed by atoms with Crippen molar-refractivity contribution in [3.05, 3.63) is 22.7 Å². The van der Waals surface area contributed by atoms with Gasteiger partial charge in [-0.25, -0.2) is 0 Å². The number of fused-ring (bicyclic) bond motifs is 1. The molecule has 1 heterocycles. The fourth-order valence-corrected chi connectivity index (χ4v) is 2.44.